The molecule has 116 valence electrons. The smallest absolute Gasteiger partial charge is 0.0849 e. The van der Waals surface area contributed by atoms with Crippen molar-refractivity contribution in [3.63, 3.8) is 0 Å². The Bertz CT molecular complexity index is 426. The van der Waals surface area contributed by atoms with Crippen LogP contribution >= 0.6 is 11.6 Å². The normalized spacial score (nSPS) is 14.8. The van der Waals surface area contributed by atoms with Crippen molar-refractivity contribution < 1.29 is 0 Å². The molecule has 1 atom stereocenters. The van der Waals surface area contributed by atoms with E-state index >= 15 is 0 Å². The van der Waals surface area contributed by atoms with Crippen LogP contribution in [0.1, 0.15) is 52.4 Å². The van der Waals surface area contributed by atoms with Gasteiger partial charge in [-0.3, -0.25) is 4.68 Å². The van der Waals surface area contributed by atoms with Gasteiger partial charge >= 0.3 is 0 Å². The standard InChI is InChI=1S/C16H30ClN3/c1-7-13-15(17)14(20(6)19-13)9-16(5,8-2)11-18-10-12(3)4/h12,18H,7-11H2,1-6H3. The molecule has 0 saturated carbocycles. The quantitative estimate of drug-likeness (QED) is 0.790. The first-order valence-electron chi connectivity index (χ1n) is 7.74. The molecule has 0 spiro atoms. The molecule has 0 aliphatic carbocycles. The number of rotatable bonds is 8. The van der Waals surface area contributed by atoms with E-state index in [9.17, 15) is 0 Å². The van der Waals surface area contributed by atoms with Gasteiger partial charge in [0.05, 0.1) is 16.4 Å². The SMILES string of the molecule is CCc1nn(C)c(CC(C)(CC)CNCC(C)C)c1Cl. The van der Waals surface area contributed by atoms with E-state index in [1.807, 2.05) is 11.7 Å². The lowest BCUT2D eigenvalue weighted by Crippen LogP contribution is -2.35. The number of nitrogens with zero attached hydrogens (tertiary/aromatic N) is 2. The van der Waals surface area contributed by atoms with E-state index in [4.69, 9.17) is 11.6 Å². The summed E-state index contributed by atoms with van der Waals surface area (Å²) in [6.07, 6.45) is 2.99. The van der Waals surface area contributed by atoms with Crippen LogP contribution in [-0.4, -0.2) is 22.9 Å². The number of nitrogens with one attached hydrogen (secondary N) is 1. The van der Waals surface area contributed by atoms with E-state index in [0.29, 0.717) is 5.92 Å². The van der Waals surface area contributed by atoms with E-state index < -0.39 is 0 Å². The summed E-state index contributed by atoms with van der Waals surface area (Å²) < 4.78 is 1.96. The zero-order chi connectivity index (χ0) is 15.3. The van der Waals surface area contributed by atoms with Gasteiger partial charge in [0.25, 0.3) is 0 Å². The second kappa shape index (κ2) is 7.46. The number of hydrogen-bond donors (Lipinski definition) is 1. The van der Waals surface area contributed by atoms with Crippen LogP contribution in [0.2, 0.25) is 5.02 Å². The molecule has 0 aliphatic heterocycles. The molecular formula is C16H30ClN3. The maximum atomic E-state index is 6.47. The van der Waals surface area contributed by atoms with Gasteiger partial charge in [-0.15, -0.1) is 0 Å². The van der Waals surface area contributed by atoms with Gasteiger partial charge in [-0.05, 0) is 37.1 Å². The predicted molar refractivity (Wildman–Crippen MR) is 87.4 cm³/mol. The Labute approximate surface area is 129 Å². The summed E-state index contributed by atoms with van der Waals surface area (Å²) in [6, 6.07) is 0. The van der Waals surface area contributed by atoms with Gasteiger partial charge in [0.1, 0.15) is 0 Å². The maximum absolute atomic E-state index is 6.47. The first-order chi connectivity index (χ1) is 9.33. The molecule has 0 radical (unpaired) electrons. The van der Waals surface area contributed by atoms with Gasteiger partial charge in [0.2, 0.25) is 0 Å². The fourth-order valence-corrected chi connectivity index (χ4v) is 2.75. The Balaban J connectivity index is 2.79. The lowest BCUT2D eigenvalue weighted by atomic mass is 9.82. The Hall–Kier alpha value is -0.540. The molecule has 0 aromatic carbocycles. The fourth-order valence-electron chi connectivity index (χ4n) is 2.39. The molecule has 0 bridgehead atoms. The van der Waals surface area contributed by atoms with Gasteiger partial charge in [-0.25, -0.2) is 0 Å². The number of aryl methyl sites for hydroxylation is 2. The molecule has 1 aromatic heterocycles. The van der Waals surface area contributed by atoms with E-state index in [1.165, 1.54) is 5.69 Å². The monoisotopic (exact) mass is 299 g/mol. The van der Waals surface area contributed by atoms with Crippen molar-refractivity contribution in [2.45, 2.75) is 53.9 Å². The summed E-state index contributed by atoms with van der Waals surface area (Å²) in [5.41, 5.74) is 2.40. The largest absolute Gasteiger partial charge is 0.316 e. The summed E-state index contributed by atoms with van der Waals surface area (Å²) in [4.78, 5) is 0. The maximum Gasteiger partial charge on any atom is 0.0849 e. The molecule has 0 fully saturated rings. The average molecular weight is 300 g/mol. The van der Waals surface area contributed by atoms with Gasteiger partial charge < -0.3 is 5.32 Å². The van der Waals surface area contributed by atoms with Crippen LogP contribution in [-0.2, 0) is 19.9 Å². The molecule has 1 heterocycles. The van der Waals surface area contributed by atoms with Gasteiger partial charge in [-0.1, -0.05) is 46.2 Å². The summed E-state index contributed by atoms with van der Waals surface area (Å²) in [5.74, 6) is 0.683. The first kappa shape index (κ1) is 17.5. The zero-order valence-electron chi connectivity index (χ0n) is 13.9. The van der Waals surface area contributed by atoms with Crippen molar-refractivity contribution in [2.75, 3.05) is 13.1 Å². The van der Waals surface area contributed by atoms with Gasteiger partial charge in [0, 0.05) is 13.6 Å². The van der Waals surface area contributed by atoms with Gasteiger partial charge in [-0.2, -0.15) is 5.10 Å². The van der Waals surface area contributed by atoms with E-state index in [2.05, 4.69) is 45.0 Å². The third-order valence-corrected chi connectivity index (χ3v) is 4.49. The topological polar surface area (TPSA) is 29.9 Å². The predicted octanol–water partition coefficient (Wildman–Crippen LogP) is 3.84. The molecule has 1 aromatic rings. The highest BCUT2D eigenvalue weighted by Crippen LogP contribution is 2.31. The Morgan fingerprint density at radius 3 is 2.45 bits per heavy atom. The van der Waals surface area contributed by atoms with Crippen LogP contribution in [0.3, 0.4) is 0 Å². The number of hydrogen-bond acceptors (Lipinski definition) is 2. The molecule has 0 saturated heterocycles. The second-order valence-electron chi connectivity index (χ2n) is 6.55. The van der Waals surface area contributed by atoms with Crippen LogP contribution in [0.15, 0.2) is 0 Å². The molecule has 3 nitrogen and oxygen atoms in total. The second-order valence-corrected chi connectivity index (χ2v) is 6.93. The van der Waals surface area contributed by atoms with Crippen LogP contribution in [0.5, 0.6) is 0 Å². The highest BCUT2D eigenvalue weighted by molar-refractivity contribution is 6.31. The molecule has 1 rings (SSSR count). The highest BCUT2D eigenvalue weighted by Gasteiger charge is 2.26. The average Bonchev–Trinajstić information content (AvgIpc) is 2.65. The highest BCUT2D eigenvalue weighted by atomic mass is 35.5. The van der Waals surface area contributed by atoms with Crippen molar-refractivity contribution in [1.29, 1.82) is 0 Å². The Morgan fingerprint density at radius 2 is 2.00 bits per heavy atom. The van der Waals surface area contributed by atoms with Crippen LogP contribution in [0, 0.1) is 11.3 Å². The van der Waals surface area contributed by atoms with Crippen molar-refractivity contribution in [3.05, 3.63) is 16.4 Å². The molecule has 1 unspecified atom stereocenters. The van der Waals surface area contributed by atoms with E-state index in [0.717, 1.165) is 43.1 Å². The minimum absolute atomic E-state index is 0.220. The molecule has 0 amide bonds. The van der Waals surface area contributed by atoms with Crippen molar-refractivity contribution in [3.8, 4) is 0 Å². The number of halogens is 1. The summed E-state index contributed by atoms with van der Waals surface area (Å²) >= 11 is 6.47. The molecule has 4 heteroatoms. The van der Waals surface area contributed by atoms with Crippen LogP contribution in [0.25, 0.3) is 0 Å². The van der Waals surface area contributed by atoms with Crippen LogP contribution < -0.4 is 5.32 Å². The third-order valence-electron chi connectivity index (χ3n) is 4.06. The molecule has 1 N–H and O–H groups in total. The summed E-state index contributed by atoms with van der Waals surface area (Å²) in [7, 11) is 2.00. The first-order valence-corrected chi connectivity index (χ1v) is 8.11. The molecular weight excluding hydrogens is 270 g/mol. The Kier molecular flexibility index (Phi) is 6.53. The van der Waals surface area contributed by atoms with Gasteiger partial charge in [0.15, 0.2) is 0 Å². The fraction of sp³-hybridized carbons (Fsp3) is 0.812. The van der Waals surface area contributed by atoms with Crippen LogP contribution in [0.4, 0.5) is 0 Å². The number of aromatic nitrogens is 2. The van der Waals surface area contributed by atoms with Crippen molar-refractivity contribution >= 4 is 11.6 Å². The minimum Gasteiger partial charge on any atom is -0.316 e. The molecule has 0 aliphatic rings. The molecule has 20 heavy (non-hydrogen) atoms. The lowest BCUT2D eigenvalue weighted by Gasteiger charge is -2.29. The zero-order valence-corrected chi connectivity index (χ0v) is 14.6. The minimum atomic E-state index is 0.220. The van der Waals surface area contributed by atoms with E-state index in [-0.39, 0.29) is 5.41 Å². The summed E-state index contributed by atoms with van der Waals surface area (Å²) in [6.45, 7) is 13.2. The summed E-state index contributed by atoms with van der Waals surface area (Å²) in [5, 5.41) is 8.96. The van der Waals surface area contributed by atoms with E-state index in [1.54, 1.807) is 0 Å². The third kappa shape index (κ3) is 4.49. The van der Waals surface area contributed by atoms with Crippen molar-refractivity contribution in [2.24, 2.45) is 18.4 Å². The Morgan fingerprint density at radius 1 is 1.35 bits per heavy atom. The lowest BCUT2D eigenvalue weighted by molar-refractivity contribution is 0.279. The van der Waals surface area contributed by atoms with Crippen molar-refractivity contribution in [1.82, 2.24) is 15.1 Å².